The molecule has 2 heterocycles. The Balaban J connectivity index is 1.47. The van der Waals surface area contributed by atoms with Crippen molar-refractivity contribution in [3.63, 3.8) is 0 Å². The Morgan fingerprint density at radius 2 is 1.89 bits per heavy atom. The summed E-state index contributed by atoms with van der Waals surface area (Å²) in [5.74, 6) is 0. The predicted octanol–water partition coefficient (Wildman–Crippen LogP) is 4.77. The number of aromatic nitrogens is 1. The van der Waals surface area contributed by atoms with Crippen molar-refractivity contribution in [2.24, 2.45) is 5.10 Å². The highest BCUT2D eigenvalue weighted by molar-refractivity contribution is 9.10. The first kappa shape index (κ1) is 19.1. The summed E-state index contributed by atoms with van der Waals surface area (Å²) in [6, 6.07) is 16.5. The van der Waals surface area contributed by atoms with Crippen LogP contribution >= 0.6 is 27.3 Å². The van der Waals surface area contributed by atoms with Crippen molar-refractivity contribution < 1.29 is 0 Å². The van der Waals surface area contributed by atoms with E-state index >= 15 is 0 Å². The first-order valence-corrected chi connectivity index (χ1v) is 10.9. The summed E-state index contributed by atoms with van der Waals surface area (Å²) in [5, 5.41) is 7.27. The molecule has 0 saturated carbocycles. The third kappa shape index (κ3) is 4.60. The van der Waals surface area contributed by atoms with Gasteiger partial charge < -0.3 is 9.80 Å². The number of hydrazone groups is 1. The minimum Gasteiger partial charge on any atom is -0.368 e. The van der Waals surface area contributed by atoms with Gasteiger partial charge in [0.25, 0.3) is 0 Å². The lowest BCUT2D eigenvalue weighted by Crippen LogP contribution is -2.44. The standard InChI is InChI=1S/C21H22BrN5S/c1-26-9-11-27(12-10-26)20-13-18(22)8-7-17(20)14-23-25-21-24-19(15-28-21)16-5-3-2-4-6-16/h2-8,13-15H,9-12H2,1H3,(H,24,25). The summed E-state index contributed by atoms with van der Waals surface area (Å²) >= 11 is 5.15. The third-order valence-corrected chi connectivity index (χ3v) is 6.01. The first-order valence-electron chi connectivity index (χ1n) is 9.22. The summed E-state index contributed by atoms with van der Waals surface area (Å²) in [7, 11) is 2.17. The molecule has 0 unspecified atom stereocenters. The molecule has 5 nitrogen and oxygen atoms in total. The van der Waals surface area contributed by atoms with E-state index in [0.717, 1.165) is 52.6 Å². The molecule has 1 saturated heterocycles. The van der Waals surface area contributed by atoms with Crippen molar-refractivity contribution in [2.75, 3.05) is 43.6 Å². The minimum absolute atomic E-state index is 0.786. The SMILES string of the molecule is CN1CCN(c2cc(Br)ccc2C=NNc2nc(-c3ccccc3)cs2)CC1. The van der Waals surface area contributed by atoms with Gasteiger partial charge in [-0.3, -0.25) is 5.43 Å². The molecule has 144 valence electrons. The fourth-order valence-electron chi connectivity index (χ4n) is 3.17. The van der Waals surface area contributed by atoms with Crippen molar-refractivity contribution in [3.8, 4) is 11.3 Å². The van der Waals surface area contributed by atoms with E-state index < -0.39 is 0 Å². The number of benzene rings is 2. The molecule has 2 aromatic carbocycles. The van der Waals surface area contributed by atoms with E-state index in [-0.39, 0.29) is 0 Å². The zero-order chi connectivity index (χ0) is 19.3. The summed E-state index contributed by atoms with van der Waals surface area (Å²) in [4.78, 5) is 9.39. The van der Waals surface area contributed by atoms with Crippen molar-refractivity contribution >= 4 is 44.3 Å². The van der Waals surface area contributed by atoms with E-state index in [0.29, 0.717) is 0 Å². The molecule has 1 fully saturated rings. The molecule has 0 aliphatic carbocycles. The summed E-state index contributed by atoms with van der Waals surface area (Å²) in [5.41, 5.74) is 7.45. The molecule has 0 spiro atoms. The van der Waals surface area contributed by atoms with Gasteiger partial charge in [0.2, 0.25) is 5.13 Å². The van der Waals surface area contributed by atoms with Crippen LogP contribution in [0.5, 0.6) is 0 Å². The van der Waals surface area contributed by atoms with Crippen molar-refractivity contribution in [1.82, 2.24) is 9.88 Å². The van der Waals surface area contributed by atoms with E-state index in [1.54, 1.807) is 11.3 Å². The Kier molecular flexibility index (Phi) is 6.04. The Morgan fingerprint density at radius 1 is 1.11 bits per heavy atom. The molecule has 0 radical (unpaired) electrons. The van der Waals surface area contributed by atoms with Gasteiger partial charge in [-0.1, -0.05) is 52.3 Å². The summed E-state index contributed by atoms with van der Waals surface area (Å²) in [6.07, 6.45) is 1.88. The van der Waals surface area contributed by atoms with Gasteiger partial charge in [0, 0.05) is 52.8 Å². The van der Waals surface area contributed by atoms with Gasteiger partial charge in [0.05, 0.1) is 11.9 Å². The number of anilines is 2. The number of thiazole rings is 1. The van der Waals surface area contributed by atoms with Crippen LogP contribution in [0.2, 0.25) is 0 Å². The van der Waals surface area contributed by atoms with Gasteiger partial charge in [-0.15, -0.1) is 11.3 Å². The molecule has 1 aliphatic rings. The average Bonchev–Trinajstić information content (AvgIpc) is 3.19. The first-order chi connectivity index (χ1) is 13.7. The largest absolute Gasteiger partial charge is 0.368 e. The molecule has 3 aromatic rings. The van der Waals surface area contributed by atoms with Gasteiger partial charge in [-0.05, 0) is 19.2 Å². The van der Waals surface area contributed by atoms with Crippen molar-refractivity contribution in [2.45, 2.75) is 0 Å². The van der Waals surface area contributed by atoms with Crippen LogP contribution in [0.25, 0.3) is 11.3 Å². The van der Waals surface area contributed by atoms with Gasteiger partial charge in [-0.25, -0.2) is 4.98 Å². The molecular formula is C21H22BrN5S. The lowest BCUT2D eigenvalue weighted by molar-refractivity contribution is 0.313. The molecule has 1 aliphatic heterocycles. The second kappa shape index (κ2) is 8.86. The van der Waals surface area contributed by atoms with Crippen LogP contribution in [0.4, 0.5) is 10.8 Å². The number of hydrogen-bond acceptors (Lipinski definition) is 6. The second-order valence-electron chi connectivity index (χ2n) is 6.77. The molecular weight excluding hydrogens is 434 g/mol. The number of hydrogen-bond donors (Lipinski definition) is 1. The summed E-state index contributed by atoms with van der Waals surface area (Å²) in [6.45, 7) is 4.19. The van der Waals surface area contributed by atoms with E-state index in [1.807, 2.05) is 29.8 Å². The topological polar surface area (TPSA) is 43.8 Å². The number of rotatable bonds is 5. The van der Waals surface area contributed by atoms with Crippen LogP contribution in [0, 0.1) is 0 Å². The number of likely N-dealkylation sites (N-methyl/N-ethyl adjacent to an activating group) is 1. The molecule has 1 N–H and O–H groups in total. The lowest BCUT2D eigenvalue weighted by Gasteiger charge is -2.34. The zero-order valence-electron chi connectivity index (χ0n) is 15.7. The number of piperazine rings is 1. The maximum absolute atomic E-state index is 4.62. The molecule has 0 amide bonds. The van der Waals surface area contributed by atoms with Crippen LogP contribution < -0.4 is 10.3 Å². The van der Waals surface area contributed by atoms with Crippen LogP contribution in [0.15, 0.2) is 63.5 Å². The highest BCUT2D eigenvalue weighted by Gasteiger charge is 2.16. The quantitative estimate of drug-likeness (QED) is 0.444. The normalized spacial score (nSPS) is 15.3. The second-order valence-corrected chi connectivity index (χ2v) is 8.54. The fourth-order valence-corrected chi connectivity index (χ4v) is 4.19. The van der Waals surface area contributed by atoms with Crippen LogP contribution in [-0.2, 0) is 0 Å². The highest BCUT2D eigenvalue weighted by atomic mass is 79.9. The van der Waals surface area contributed by atoms with Crippen LogP contribution in [0.3, 0.4) is 0 Å². The zero-order valence-corrected chi connectivity index (χ0v) is 18.1. The van der Waals surface area contributed by atoms with E-state index in [9.17, 15) is 0 Å². The highest BCUT2D eigenvalue weighted by Crippen LogP contribution is 2.26. The molecule has 0 bridgehead atoms. The van der Waals surface area contributed by atoms with Gasteiger partial charge in [0.15, 0.2) is 0 Å². The van der Waals surface area contributed by atoms with E-state index in [1.165, 1.54) is 5.69 Å². The van der Waals surface area contributed by atoms with Gasteiger partial charge >= 0.3 is 0 Å². The molecule has 0 atom stereocenters. The Labute approximate surface area is 177 Å². The maximum atomic E-state index is 4.62. The third-order valence-electron chi connectivity index (χ3n) is 4.77. The molecule has 7 heteroatoms. The van der Waals surface area contributed by atoms with E-state index in [4.69, 9.17) is 0 Å². The van der Waals surface area contributed by atoms with Gasteiger partial charge in [0.1, 0.15) is 0 Å². The predicted molar refractivity (Wildman–Crippen MR) is 123 cm³/mol. The van der Waals surface area contributed by atoms with Crippen LogP contribution in [-0.4, -0.2) is 49.3 Å². The van der Waals surface area contributed by atoms with Crippen molar-refractivity contribution in [1.29, 1.82) is 0 Å². The number of nitrogens with one attached hydrogen (secondary N) is 1. The molecule has 1 aromatic heterocycles. The monoisotopic (exact) mass is 455 g/mol. The van der Waals surface area contributed by atoms with E-state index in [2.05, 4.69) is 78.6 Å². The van der Waals surface area contributed by atoms with Crippen LogP contribution in [0.1, 0.15) is 5.56 Å². The smallest absolute Gasteiger partial charge is 0.203 e. The van der Waals surface area contributed by atoms with Crippen molar-refractivity contribution in [3.05, 3.63) is 63.9 Å². The number of nitrogens with zero attached hydrogens (tertiary/aromatic N) is 4. The Morgan fingerprint density at radius 3 is 2.68 bits per heavy atom. The number of halogens is 1. The Hall–Kier alpha value is -2.22. The average molecular weight is 456 g/mol. The van der Waals surface area contributed by atoms with Gasteiger partial charge in [-0.2, -0.15) is 5.10 Å². The lowest BCUT2D eigenvalue weighted by atomic mass is 10.1. The fraction of sp³-hybridized carbons (Fsp3) is 0.238. The molecule has 4 rings (SSSR count). The molecule has 28 heavy (non-hydrogen) atoms. The minimum atomic E-state index is 0.786. The summed E-state index contributed by atoms with van der Waals surface area (Å²) < 4.78 is 1.08. The Bertz CT molecular complexity index is 948. The maximum Gasteiger partial charge on any atom is 0.203 e.